The van der Waals surface area contributed by atoms with Crippen molar-refractivity contribution >= 4 is 0 Å². The lowest BCUT2D eigenvalue weighted by atomic mass is 10.2. The number of nitrogens with two attached hydrogens (primary N) is 5. The molecule has 0 spiro atoms. The monoisotopic (exact) mass is 501 g/mol. The second-order valence-corrected chi connectivity index (χ2v) is 7.94. The van der Waals surface area contributed by atoms with Crippen molar-refractivity contribution in [3.8, 4) is 0 Å². The first-order valence-corrected chi connectivity index (χ1v) is 12.4. The summed E-state index contributed by atoms with van der Waals surface area (Å²) in [6, 6.07) is -0.00926. The molecule has 0 fully saturated rings. The molecule has 0 saturated heterocycles. The molecule has 11 heteroatoms. The van der Waals surface area contributed by atoms with E-state index in [4.69, 9.17) is 48.7 Å². The molecule has 1 unspecified atom stereocenters. The van der Waals surface area contributed by atoms with Crippen LogP contribution in [0.25, 0.3) is 0 Å². The molecule has 0 aromatic heterocycles. The molecule has 0 heterocycles. The third-order valence-electron chi connectivity index (χ3n) is 3.75. The minimum Gasteiger partial charge on any atom is -0.396 e. The van der Waals surface area contributed by atoms with Crippen LogP contribution in [0.5, 0.6) is 0 Å². The van der Waals surface area contributed by atoms with Crippen molar-refractivity contribution < 1.29 is 20.1 Å². The van der Waals surface area contributed by atoms with E-state index in [1.165, 1.54) is 0 Å². The Hall–Kier alpha value is -0.440. The minimum absolute atomic E-state index is 0.00926. The first-order valence-electron chi connectivity index (χ1n) is 12.4. The van der Waals surface area contributed by atoms with Crippen LogP contribution in [0.3, 0.4) is 0 Å². The van der Waals surface area contributed by atoms with E-state index in [0.29, 0.717) is 26.4 Å². The fraction of sp³-hybridized carbons (Fsp3) is 1.00. The summed E-state index contributed by atoms with van der Waals surface area (Å²) in [5.74, 6) is 0. The van der Waals surface area contributed by atoms with Crippen molar-refractivity contribution in [1.29, 1.82) is 0 Å². The maximum absolute atomic E-state index is 8.33. The molecule has 1 atom stereocenters. The van der Waals surface area contributed by atoms with Crippen molar-refractivity contribution in [2.75, 3.05) is 100 Å². The fourth-order valence-electron chi connectivity index (χ4n) is 1.65. The molecule has 34 heavy (non-hydrogen) atoms. The lowest BCUT2D eigenvalue weighted by Crippen LogP contribution is -2.22. The third kappa shape index (κ3) is 77.0. The second kappa shape index (κ2) is 46.0. The van der Waals surface area contributed by atoms with Crippen molar-refractivity contribution in [1.82, 2.24) is 9.80 Å². The molecule has 0 radical (unpaired) electrons. The van der Waals surface area contributed by atoms with Crippen molar-refractivity contribution in [2.24, 2.45) is 28.7 Å². The zero-order valence-electron chi connectivity index (χ0n) is 23.1. The van der Waals surface area contributed by atoms with Gasteiger partial charge in [0.1, 0.15) is 0 Å². The van der Waals surface area contributed by atoms with E-state index in [9.17, 15) is 0 Å². The van der Waals surface area contributed by atoms with Crippen molar-refractivity contribution in [2.45, 2.75) is 51.5 Å². The highest BCUT2D eigenvalue weighted by molar-refractivity contribution is 4.51. The lowest BCUT2D eigenvalue weighted by Gasteiger charge is -2.05. The zero-order valence-corrected chi connectivity index (χ0v) is 23.1. The molecule has 0 rings (SSSR count). The normalized spacial score (nSPS) is 10.7. The molecule has 0 aliphatic carbocycles. The molecule has 0 bridgehead atoms. The Morgan fingerprint density at radius 3 is 1.41 bits per heavy atom. The average molecular weight is 502 g/mol. The highest BCUT2D eigenvalue weighted by Crippen LogP contribution is 1.96. The van der Waals surface area contributed by atoms with Crippen molar-refractivity contribution in [3.05, 3.63) is 0 Å². The number of hydrogen-bond acceptors (Lipinski definition) is 11. The number of unbranched alkanes of at least 4 members (excludes halogenated alkanes) is 3. The SMILES string of the molecule is CCC(N)CO.CN(C)CCCN.CN(C)CCN.NCCCCCCO.NCCOCCO. The van der Waals surface area contributed by atoms with E-state index in [2.05, 4.69) is 23.9 Å². The Labute approximate surface area is 211 Å². The summed E-state index contributed by atoms with van der Waals surface area (Å²) in [5.41, 5.74) is 26.0. The van der Waals surface area contributed by atoms with Gasteiger partial charge in [-0.2, -0.15) is 0 Å². The van der Waals surface area contributed by atoms with E-state index in [1.54, 1.807) is 0 Å². The van der Waals surface area contributed by atoms with Gasteiger partial charge in [0.2, 0.25) is 0 Å². The molecule has 0 amide bonds. The summed E-state index contributed by atoms with van der Waals surface area (Å²) in [4.78, 5) is 4.19. The number of rotatable bonds is 16. The highest BCUT2D eigenvalue weighted by atomic mass is 16.5. The van der Waals surface area contributed by atoms with Crippen LogP contribution in [0.1, 0.15) is 45.4 Å². The molecule has 0 aromatic rings. The zero-order chi connectivity index (χ0) is 27.5. The summed E-state index contributed by atoms with van der Waals surface area (Å²) in [6.45, 7) is 8.37. The number of aliphatic hydroxyl groups is 3. The molecule has 11 nitrogen and oxygen atoms in total. The van der Waals surface area contributed by atoms with Crippen LogP contribution in [0.4, 0.5) is 0 Å². The highest BCUT2D eigenvalue weighted by Gasteiger charge is 1.90. The Kier molecular flexibility index (Phi) is 59.0. The fourth-order valence-corrected chi connectivity index (χ4v) is 1.65. The molecular weight excluding hydrogens is 438 g/mol. The van der Waals surface area contributed by atoms with E-state index in [-0.39, 0.29) is 19.3 Å². The third-order valence-corrected chi connectivity index (χ3v) is 3.75. The van der Waals surface area contributed by atoms with Crippen LogP contribution in [-0.4, -0.2) is 132 Å². The van der Waals surface area contributed by atoms with Gasteiger partial charge in [0.25, 0.3) is 0 Å². The van der Waals surface area contributed by atoms with Gasteiger partial charge in [-0.25, -0.2) is 0 Å². The summed E-state index contributed by atoms with van der Waals surface area (Å²) in [7, 11) is 8.12. The Morgan fingerprint density at radius 2 is 1.18 bits per heavy atom. The summed E-state index contributed by atoms with van der Waals surface area (Å²) < 4.78 is 4.76. The van der Waals surface area contributed by atoms with Crippen molar-refractivity contribution in [3.63, 3.8) is 0 Å². The summed E-state index contributed by atoms with van der Waals surface area (Å²) >= 11 is 0. The Morgan fingerprint density at radius 1 is 0.647 bits per heavy atom. The van der Waals surface area contributed by atoms with E-state index < -0.39 is 0 Å². The molecule has 214 valence electrons. The van der Waals surface area contributed by atoms with Crippen LogP contribution in [0, 0.1) is 0 Å². The summed E-state index contributed by atoms with van der Waals surface area (Å²) in [5, 5.41) is 24.7. The molecule has 0 aliphatic heterocycles. The predicted octanol–water partition coefficient (Wildman–Crippen LogP) is -1.43. The second-order valence-electron chi connectivity index (χ2n) is 7.94. The first kappa shape index (κ1) is 43.6. The maximum atomic E-state index is 8.33. The number of ether oxygens (including phenoxy) is 1. The number of hydrogen-bond donors (Lipinski definition) is 8. The van der Waals surface area contributed by atoms with Gasteiger partial charge in [0, 0.05) is 32.3 Å². The van der Waals surface area contributed by atoms with E-state index in [0.717, 1.165) is 71.2 Å². The predicted molar refractivity (Wildman–Crippen MR) is 147 cm³/mol. The summed E-state index contributed by atoms with van der Waals surface area (Å²) in [6.07, 6.45) is 6.27. The lowest BCUT2D eigenvalue weighted by molar-refractivity contribution is 0.0976. The molecule has 13 N–H and O–H groups in total. The Balaban J connectivity index is -0.000000104. The van der Waals surface area contributed by atoms with Gasteiger partial charge in [0.15, 0.2) is 0 Å². The first-order chi connectivity index (χ1) is 16.2. The van der Waals surface area contributed by atoms with Gasteiger partial charge in [-0.3, -0.25) is 0 Å². The van der Waals surface area contributed by atoms with Gasteiger partial charge in [-0.05, 0) is 73.5 Å². The Bertz CT molecular complexity index is 280. The number of likely N-dealkylation sites (N-methyl/N-ethyl adjacent to an activating group) is 1. The number of aliphatic hydroxyl groups excluding tert-OH is 3. The van der Waals surface area contributed by atoms with Crippen LogP contribution >= 0.6 is 0 Å². The molecule has 0 aromatic carbocycles. The van der Waals surface area contributed by atoms with Crippen LogP contribution in [-0.2, 0) is 4.74 Å². The van der Waals surface area contributed by atoms with E-state index in [1.807, 2.05) is 21.0 Å². The minimum atomic E-state index is -0.00926. The van der Waals surface area contributed by atoms with Gasteiger partial charge in [-0.15, -0.1) is 0 Å². The largest absolute Gasteiger partial charge is 0.396 e. The van der Waals surface area contributed by atoms with Gasteiger partial charge >= 0.3 is 0 Å². The maximum Gasteiger partial charge on any atom is 0.0698 e. The smallest absolute Gasteiger partial charge is 0.0698 e. The number of nitrogens with zero attached hydrogens (tertiary/aromatic N) is 2. The molecular formula is C23H63N7O4. The standard InChI is InChI=1S/C6H15NO.C5H14N2.C4H12N2.C4H11NO2.C4H11NO/c7-5-3-1-2-4-6-8;1-7(2)5-3-4-6;1-6(2)4-3-5;5-1-3-7-4-2-6;1-2-4(5)3-6/h8H,1-7H2;3-6H2,1-2H3;3-5H2,1-2H3;6H,1-5H2;4,6H,2-3,5H2,1H3. The van der Waals surface area contributed by atoms with Crippen LogP contribution < -0.4 is 28.7 Å². The van der Waals surface area contributed by atoms with Gasteiger partial charge < -0.3 is 58.5 Å². The van der Waals surface area contributed by atoms with Crippen LogP contribution in [0.15, 0.2) is 0 Å². The van der Waals surface area contributed by atoms with Gasteiger partial charge in [0.05, 0.1) is 26.4 Å². The quantitative estimate of drug-likeness (QED) is 0.115. The van der Waals surface area contributed by atoms with E-state index >= 15 is 0 Å². The topological polar surface area (TPSA) is 206 Å². The molecule has 0 aliphatic rings. The van der Waals surface area contributed by atoms with Gasteiger partial charge in [-0.1, -0.05) is 19.8 Å². The average Bonchev–Trinajstić information content (AvgIpc) is 2.82. The molecule has 0 saturated carbocycles. The van der Waals surface area contributed by atoms with Crippen LogP contribution in [0.2, 0.25) is 0 Å².